The molecule has 21 heavy (non-hydrogen) atoms. The Hall–Kier alpha value is -1.86. The molecule has 1 aromatic carbocycles. The first kappa shape index (κ1) is 15.5. The molecule has 0 aliphatic heterocycles. The molecule has 1 aliphatic rings. The van der Waals surface area contributed by atoms with Crippen LogP contribution in [0.5, 0.6) is 0 Å². The molecule has 2 rings (SSSR count). The average molecular weight is 286 g/mol. The lowest BCUT2D eigenvalue weighted by Gasteiger charge is -2.31. The van der Waals surface area contributed by atoms with Crippen molar-refractivity contribution >= 4 is 5.91 Å². The third-order valence-corrected chi connectivity index (χ3v) is 4.31. The number of rotatable bonds is 3. The Labute approximate surface area is 125 Å². The summed E-state index contributed by atoms with van der Waals surface area (Å²) in [6.45, 7) is 3.74. The van der Waals surface area contributed by atoms with Crippen molar-refractivity contribution in [1.82, 2.24) is 5.32 Å². The van der Waals surface area contributed by atoms with Gasteiger partial charge in [-0.15, -0.1) is 0 Å². The molecule has 4 nitrogen and oxygen atoms in total. The van der Waals surface area contributed by atoms with Crippen LogP contribution in [0.25, 0.3) is 0 Å². The zero-order valence-corrected chi connectivity index (χ0v) is 12.6. The van der Waals surface area contributed by atoms with E-state index in [0.717, 1.165) is 31.2 Å². The number of nitrogens with one attached hydrogen (secondary N) is 1. The molecule has 0 atom stereocenters. The highest BCUT2D eigenvalue weighted by atomic mass is 16.3. The zero-order valence-electron chi connectivity index (χ0n) is 12.6. The van der Waals surface area contributed by atoms with Gasteiger partial charge in [-0.05, 0) is 57.2 Å². The molecule has 0 unspecified atom stereocenters. The van der Waals surface area contributed by atoms with Crippen molar-refractivity contribution < 1.29 is 9.90 Å². The molecule has 0 spiro atoms. The van der Waals surface area contributed by atoms with Crippen LogP contribution in [0.3, 0.4) is 0 Å². The van der Waals surface area contributed by atoms with Gasteiger partial charge in [-0.3, -0.25) is 4.79 Å². The third kappa shape index (κ3) is 3.62. The molecular weight excluding hydrogens is 264 g/mol. The van der Waals surface area contributed by atoms with E-state index in [1.807, 2.05) is 19.9 Å². The van der Waals surface area contributed by atoms with Crippen LogP contribution in [0.2, 0.25) is 0 Å². The number of amides is 1. The molecule has 0 radical (unpaired) electrons. The maximum Gasteiger partial charge on any atom is 0.230 e. The van der Waals surface area contributed by atoms with Crippen LogP contribution < -0.4 is 5.32 Å². The highest BCUT2D eigenvalue weighted by Gasteiger charge is 2.32. The van der Waals surface area contributed by atoms with Gasteiger partial charge in [-0.25, -0.2) is 0 Å². The lowest BCUT2D eigenvalue weighted by molar-refractivity contribution is -0.126. The van der Waals surface area contributed by atoms with Gasteiger partial charge >= 0.3 is 0 Å². The number of nitrogens with zero attached hydrogens (tertiary/aromatic N) is 1. The maximum atomic E-state index is 12.6. The first-order valence-electron chi connectivity index (χ1n) is 7.43. The van der Waals surface area contributed by atoms with Gasteiger partial charge < -0.3 is 10.4 Å². The van der Waals surface area contributed by atoms with Gasteiger partial charge in [0.2, 0.25) is 5.91 Å². The first-order valence-corrected chi connectivity index (χ1v) is 7.43. The van der Waals surface area contributed by atoms with Crippen LogP contribution in [-0.4, -0.2) is 23.2 Å². The summed E-state index contributed by atoms with van der Waals surface area (Å²) in [6, 6.07) is 9.43. The number of aliphatic hydroxyl groups is 1. The summed E-state index contributed by atoms with van der Waals surface area (Å²) < 4.78 is 0. The topological polar surface area (TPSA) is 73.1 Å². The van der Waals surface area contributed by atoms with Crippen molar-refractivity contribution in [2.24, 2.45) is 0 Å². The third-order valence-electron chi connectivity index (χ3n) is 4.31. The van der Waals surface area contributed by atoms with E-state index in [4.69, 9.17) is 5.26 Å². The summed E-state index contributed by atoms with van der Waals surface area (Å²) in [7, 11) is 0. The molecule has 0 aromatic heterocycles. The van der Waals surface area contributed by atoms with Gasteiger partial charge in [-0.2, -0.15) is 5.26 Å². The number of hydrogen-bond acceptors (Lipinski definition) is 3. The SMILES string of the molecule is CC(C)(C(=O)NC1CCC(O)CC1)c1cccc(C#N)c1. The maximum absolute atomic E-state index is 12.6. The minimum atomic E-state index is -0.678. The molecule has 1 amide bonds. The van der Waals surface area contributed by atoms with E-state index in [9.17, 15) is 9.90 Å². The molecule has 0 heterocycles. The lowest BCUT2D eigenvalue weighted by Crippen LogP contribution is -2.46. The molecule has 2 N–H and O–H groups in total. The highest BCUT2D eigenvalue weighted by Crippen LogP contribution is 2.26. The van der Waals surface area contributed by atoms with Gasteiger partial charge in [0.25, 0.3) is 0 Å². The fraction of sp³-hybridized carbons (Fsp3) is 0.529. The van der Waals surface area contributed by atoms with Crippen LogP contribution in [0.15, 0.2) is 24.3 Å². The summed E-state index contributed by atoms with van der Waals surface area (Å²) in [4.78, 5) is 12.6. The van der Waals surface area contributed by atoms with E-state index in [1.165, 1.54) is 0 Å². The van der Waals surface area contributed by atoms with Crippen molar-refractivity contribution in [1.29, 1.82) is 5.26 Å². The molecular formula is C17H22N2O2. The van der Waals surface area contributed by atoms with Crippen LogP contribution >= 0.6 is 0 Å². The average Bonchev–Trinajstić information content (AvgIpc) is 2.49. The van der Waals surface area contributed by atoms with Crippen molar-refractivity contribution in [2.75, 3.05) is 0 Å². The quantitative estimate of drug-likeness (QED) is 0.895. The number of carbonyl (C=O) groups excluding carboxylic acids is 1. The zero-order chi connectivity index (χ0) is 15.5. The molecule has 0 saturated heterocycles. The van der Waals surface area contributed by atoms with Crippen LogP contribution in [-0.2, 0) is 10.2 Å². The standard InChI is InChI=1S/C17H22N2O2/c1-17(2,13-5-3-4-12(10-13)11-18)16(21)19-14-6-8-15(20)9-7-14/h3-5,10,14-15,20H,6-9H2,1-2H3,(H,19,21). The summed E-state index contributed by atoms with van der Waals surface area (Å²) >= 11 is 0. The van der Waals surface area contributed by atoms with Gasteiger partial charge in [0.05, 0.1) is 23.2 Å². The minimum Gasteiger partial charge on any atom is -0.393 e. The largest absolute Gasteiger partial charge is 0.393 e. The Morgan fingerprint density at radius 1 is 1.33 bits per heavy atom. The molecule has 0 bridgehead atoms. The smallest absolute Gasteiger partial charge is 0.230 e. The molecule has 1 aromatic rings. The summed E-state index contributed by atoms with van der Waals surface area (Å²) in [6.07, 6.45) is 2.91. The van der Waals surface area contributed by atoms with E-state index in [2.05, 4.69) is 11.4 Å². The monoisotopic (exact) mass is 286 g/mol. The Bertz CT molecular complexity index is 552. The van der Waals surface area contributed by atoms with Crippen LogP contribution in [0.1, 0.15) is 50.7 Å². The van der Waals surface area contributed by atoms with E-state index >= 15 is 0 Å². The Morgan fingerprint density at radius 3 is 2.62 bits per heavy atom. The van der Waals surface area contributed by atoms with E-state index in [-0.39, 0.29) is 18.1 Å². The predicted octanol–water partition coefficient (Wildman–Crippen LogP) is 2.26. The summed E-state index contributed by atoms with van der Waals surface area (Å²) in [5, 5.41) is 21.6. The second-order valence-corrected chi connectivity index (χ2v) is 6.30. The second kappa shape index (κ2) is 6.28. The Kier molecular flexibility index (Phi) is 4.64. The number of carbonyl (C=O) groups is 1. The van der Waals surface area contributed by atoms with Gasteiger partial charge in [0.1, 0.15) is 0 Å². The van der Waals surface area contributed by atoms with E-state index in [0.29, 0.717) is 5.56 Å². The highest BCUT2D eigenvalue weighted by molar-refractivity contribution is 5.87. The fourth-order valence-corrected chi connectivity index (χ4v) is 2.69. The van der Waals surface area contributed by atoms with Crippen LogP contribution in [0, 0.1) is 11.3 Å². The summed E-state index contributed by atoms with van der Waals surface area (Å²) in [5.41, 5.74) is 0.729. The van der Waals surface area contributed by atoms with E-state index in [1.54, 1.807) is 18.2 Å². The predicted molar refractivity (Wildman–Crippen MR) is 80.6 cm³/mol. The number of aliphatic hydroxyl groups excluding tert-OH is 1. The Balaban J connectivity index is 2.07. The normalized spacial score (nSPS) is 22.4. The van der Waals surface area contributed by atoms with E-state index < -0.39 is 5.41 Å². The van der Waals surface area contributed by atoms with Crippen molar-refractivity contribution in [3.8, 4) is 6.07 Å². The molecule has 1 saturated carbocycles. The summed E-state index contributed by atoms with van der Waals surface area (Å²) in [5.74, 6) is -0.0287. The van der Waals surface area contributed by atoms with Gasteiger partial charge in [-0.1, -0.05) is 12.1 Å². The first-order chi connectivity index (χ1) is 9.93. The molecule has 1 aliphatic carbocycles. The van der Waals surface area contributed by atoms with Gasteiger partial charge in [0, 0.05) is 6.04 Å². The van der Waals surface area contributed by atoms with Crippen molar-refractivity contribution in [2.45, 2.75) is 57.1 Å². The minimum absolute atomic E-state index is 0.0287. The molecule has 4 heteroatoms. The molecule has 112 valence electrons. The van der Waals surface area contributed by atoms with Crippen molar-refractivity contribution in [3.63, 3.8) is 0 Å². The number of hydrogen-bond donors (Lipinski definition) is 2. The van der Waals surface area contributed by atoms with Crippen LogP contribution in [0.4, 0.5) is 0 Å². The molecule has 1 fully saturated rings. The second-order valence-electron chi connectivity index (χ2n) is 6.30. The lowest BCUT2D eigenvalue weighted by atomic mass is 9.82. The Morgan fingerprint density at radius 2 is 2.00 bits per heavy atom. The number of nitriles is 1. The van der Waals surface area contributed by atoms with Crippen molar-refractivity contribution in [3.05, 3.63) is 35.4 Å². The van der Waals surface area contributed by atoms with Gasteiger partial charge in [0.15, 0.2) is 0 Å². The fourth-order valence-electron chi connectivity index (χ4n) is 2.69. The number of benzene rings is 1.